The Morgan fingerprint density at radius 3 is 2.83 bits per heavy atom. The van der Waals surface area contributed by atoms with Crippen molar-refractivity contribution in [3.05, 3.63) is 54.1 Å². The topological polar surface area (TPSA) is 86.3 Å². The van der Waals surface area contributed by atoms with Gasteiger partial charge in [0, 0.05) is 25.6 Å². The summed E-state index contributed by atoms with van der Waals surface area (Å²) >= 11 is 0. The van der Waals surface area contributed by atoms with Gasteiger partial charge in [-0.1, -0.05) is 30.3 Å². The number of H-pyrrole nitrogens is 1. The Labute approximate surface area is 134 Å². The lowest BCUT2D eigenvalue weighted by atomic mass is 9.98. The van der Waals surface area contributed by atoms with E-state index in [2.05, 4.69) is 9.97 Å². The van der Waals surface area contributed by atoms with E-state index in [-0.39, 0.29) is 18.2 Å². The lowest BCUT2D eigenvalue weighted by Gasteiger charge is -2.24. The number of nitrogens with zero attached hydrogens (tertiary/aromatic N) is 2. The van der Waals surface area contributed by atoms with Gasteiger partial charge in [-0.2, -0.15) is 0 Å². The average Bonchev–Trinajstić information content (AvgIpc) is 3.15. The molecule has 1 aromatic heterocycles. The van der Waals surface area contributed by atoms with Gasteiger partial charge >= 0.3 is 5.97 Å². The molecule has 2 N–H and O–H groups in total. The Morgan fingerprint density at radius 1 is 1.39 bits per heavy atom. The first-order chi connectivity index (χ1) is 11.1. The van der Waals surface area contributed by atoms with E-state index < -0.39 is 12.0 Å². The highest BCUT2D eigenvalue weighted by atomic mass is 16.4. The Kier molecular flexibility index (Phi) is 4.41. The van der Waals surface area contributed by atoms with Crippen LogP contribution in [0.25, 0.3) is 0 Å². The number of amides is 1. The number of carbonyl (C=O) groups is 2. The van der Waals surface area contributed by atoms with Gasteiger partial charge in [-0.3, -0.25) is 4.79 Å². The van der Waals surface area contributed by atoms with Crippen molar-refractivity contribution in [2.75, 3.05) is 6.54 Å². The van der Waals surface area contributed by atoms with E-state index in [0.29, 0.717) is 18.7 Å². The van der Waals surface area contributed by atoms with Gasteiger partial charge < -0.3 is 15.0 Å². The maximum atomic E-state index is 12.3. The van der Waals surface area contributed by atoms with Gasteiger partial charge in [0.05, 0.1) is 12.0 Å². The van der Waals surface area contributed by atoms with E-state index in [0.717, 1.165) is 6.42 Å². The van der Waals surface area contributed by atoms with Crippen LogP contribution >= 0.6 is 0 Å². The average molecular weight is 313 g/mol. The SMILES string of the molecule is O=C(O)[C@H](Cc1c[nH]cn1)N1C[C@H](Cc2ccccc2)CC1=O. The van der Waals surface area contributed by atoms with Crippen LogP contribution in [-0.2, 0) is 22.4 Å². The normalized spacial score (nSPS) is 19.0. The minimum Gasteiger partial charge on any atom is -0.480 e. The summed E-state index contributed by atoms with van der Waals surface area (Å²) in [5.41, 5.74) is 1.82. The summed E-state index contributed by atoms with van der Waals surface area (Å²) in [6, 6.07) is 9.12. The highest BCUT2D eigenvalue weighted by Crippen LogP contribution is 2.25. The Morgan fingerprint density at radius 2 is 2.17 bits per heavy atom. The standard InChI is InChI=1S/C17H19N3O3/c21-16-7-13(6-12-4-2-1-3-5-12)10-20(16)15(17(22)23)8-14-9-18-11-19-14/h1-5,9,11,13,15H,6-8,10H2,(H,18,19)(H,22,23)/t13-,15+/m1/s1. The summed E-state index contributed by atoms with van der Waals surface area (Å²) in [4.78, 5) is 32.2. The third kappa shape index (κ3) is 3.59. The van der Waals surface area contributed by atoms with Crippen molar-refractivity contribution in [3.63, 3.8) is 0 Å². The van der Waals surface area contributed by atoms with E-state index >= 15 is 0 Å². The molecular formula is C17H19N3O3. The molecule has 1 saturated heterocycles. The molecule has 2 heterocycles. The summed E-state index contributed by atoms with van der Waals surface area (Å²) < 4.78 is 0. The van der Waals surface area contributed by atoms with E-state index in [9.17, 15) is 14.7 Å². The fourth-order valence-electron chi connectivity index (χ4n) is 3.13. The van der Waals surface area contributed by atoms with Crippen LogP contribution in [0.4, 0.5) is 0 Å². The first kappa shape index (κ1) is 15.3. The van der Waals surface area contributed by atoms with Crippen LogP contribution < -0.4 is 0 Å². The van der Waals surface area contributed by atoms with Crippen LogP contribution in [0.15, 0.2) is 42.9 Å². The molecule has 2 atom stereocenters. The first-order valence-electron chi connectivity index (χ1n) is 7.67. The number of carbonyl (C=O) groups excluding carboxylic acids is 1. The molecule has 0 saturated carbocycles. The van der Waals surface area contributed by atoms with Gasteiger partial charge in [0.1, 0.15) is 6.04 Å². The van der Waals surface area contributed by atoms with E-state index in [4.69, 9.17) is 0 Å². The zero-order valence-corrected chi connectivity index (χ0v) is 12.7. The maximum Gasteiger partial charge on any atom is 0.326 e. The molecule has 0 spiro atoms. The maximum absolute atomic E-state index is 12.3. The molecule has 1 fully saturated rings. The highest BCUT2D eigenvalue weighted by molar-refractivity contribution is 5.85. The van der Waals surface area contributed by atoms with Crippen molar-refractivity contribution in [2.45, 2.75) is 25.3 Å². The van der Waals surface area contributed by atoms with Crippen molar-refractivity contribution in [1.82, 2.24) is 14.9 Å². The van der Waals surface area contributed by atoms with E-state index in [1.165, 1.54) is 16.8 Å². The number of aromatic amines is 1. The number of imidazole rings is 1. The smallest absolute Gasteiger partial charge is 0.326 e. The molecule has 0 radical (unpaired) electrons. The van der Waals surface area contributed by atoms with Crippen molar-refractivity contribution in [2.24, 2.45) is 5.92 Å². The summed E-state index contributed by atoms with van der Waals surface area (Å²) in [7, 11) is 0. The molecule has 1 aliphatic heterocycles. The summed E-state index contributed by atoms with van der Waals surface area (Å²) in [6.07, 6.45) is 4.59. The third-order valence-electron chi connectivity index (χ3n) is 4.22. The van der Waals surface area contributed by atoms with Crippen LogP contribution in [0, 0.1) is 5.92 Å². The molecule has 1 aliphatic rings. The largest absolute Gasteiger partial charge is 0.480 e. The van der Waals surface area contributed by atoms with Crippen LogP contribution in [0.5, 0.6) is 0 Å². The first-order valence-corrected chi connectivity index (χ1v) is 7.67. The molecule has 0 aliphatic carbocycles. The fraction of sp³-hybridized carbons (Fsp3) is 0.353. The number of rotatable bonds is 6. The van der Waals surface area contributed by atoms with Gasteiger partial charge in [-0.05, 0) is 17.9 Å². The minimum absolute atomic E-state index is 0.0890. The van der Waals surface area contributed by atoms with Crippen molar-refractivity contribution >= 4 is 11.9 Å². The van der Waals surface area contributed by atoms with Crippen LogP contribution in [-0.4, -0.2) is 44.4 Å². The van der Waals surface area contributed by atoms with Gasteiger partial charge in [0.2, 0.25) is 5.91 Å². The van der Waals surface area contributed by atoms with Crippen molar-refractivity contribution < 1.29 is 14.7 Å². The molecule has 2 aromatic rings. The number of carboxylic acids is 1. The summed E-state index contributed by atoms with van der Waals surface area (Å²) in [5.74, 6) is -0.915. The number of likely N-dealkylation sites (tertiary alicyclic amines) is 1. The minimum atomic E-state index is -0.985. The summed E-state index contributed by atoms with van der Waals surface area (Å²) in [6.45, 7) is 0.481. The molecule has 3 rings (SSSR count). The number of aromatic nitrogens is 2. The monoisotopic (exact) mass is 313 g/mol. The molecular weight excluding hydrogens is 294 g/mol. The molecule has 1 amide bonds. The second-order valence-electron chi connectivity index (χ2n) is 5.92. The zero-order valence-electron chi connectivity index (χ0n) is 12.7. The molecule has 120 valence electrons. The lowest BCUT2D eigenvalue weighted by molar-refractivity contribution is -0.148. The molecule has 6 nitrogen and oxygen atoms in total. The quantitative estimate of drug-likeness (QED) is 0.846. The van der Waals surface area contributed by atoms with E-state index in [1.54, 1.807) is 6.20 Å². The third-order valence-corrected chi connectivity index (χ3v) is 4.22. The van der Waals surface area contributed by atoms with Gasteiger partial charge in [0.25, 0.3) is 0 Å². The lowest BCUT2D eigenvalue weighted by Crippen LogP contribution is -2.43. The second-order valence-corrected chi connectivity index (χ2v) is 5.92. The fourth-order valence-corrected chi connectivity index (χ4v) is 3.13. The van der Waals surface area contributed by atoms with Crippen LogP contribution in [0.3, 0.4) is 0 Å². The van der Waals surface area contributed by atoms with Crippen LogP contribution in [0.1, 0.15) is 17.7 Å². The summed E-state index contributed by atoms with van der Waals surface area (Å²) in [5, 5.41) is 9.49. The van der Waals surface area contributed by atoms with Crippen molar-refractivity contribution in [1.29, 1.82) is 0 Å². The number of hydrogen-bond acceptors (Lipinski definition) is 3. The number of aliphatic carboxylic acids is 1. The number of hydrogen-bond donors (Lipinski definition) is 2. The predicted octanol–water partition coefficient (Wildman–Crippen LogP) is 1.50. The molecule has 0 bridgehead atoms. The van der Waals surface area contributed by atoms with Gasteiger partial charge in [-0.25, -0.2) is 9.78 Å². The Balaban J connectivity index is 1.68. The second kappa shape index (κ2) is 6.64. The molecule has 1 aromatic carbocycles. The highest BCUT2D eigenvalue weighted by Gasteiger charge is 2.37. The Bertz CT molecular complexity index is 670. The number of nitrogens with one attached hydrogen (secondary N) is 1. The van der Waals surface area contributed by atoms with Gasteiger partial charge in [-0.15, -0.1) is 0 Å². The number of carboxylic acid groups (broad SMARTS) is 1. The van der Waals surface area contributed by atoms with Gasteiger partial charge in [0.15, 0.2) is 0 Å². The van der Waals surface area contributed by atoms with Crippen molar-refractivity contribution in [3.8, 4) is 0 Å². The molecule has 23 heavy (non-hydrogen) atoms. The molecule has 6 heteroatoms. The zero-order chi connectivity index (χ0) is 16.2. The molecule has 0 unspecified atom stereocenters. The van der Waals surface area contributed by atoms with E-state index in [1.807, 2.05) is 30.3 Å². The predicted molar refractivity (Wildman–Crippen MR) is 83.7 cm³/mol. The Hall–Kier alpha value is -2.63. The number of benzene rings is 1. The van der Waals surface area contributed by atoms with Crippen LogP contribution in [0.2, 0.25) is 0 Å².